The lowest BCUT2D eigenvalue weighted by molar-refractivity contribution is 0.0522. The number of nitrogens with zero attached hydrogens (tertiary/aromatic N) is 4. The Balaban J connectivity index is 1.94. The number of carbonyl (C=O) groups excluding carboxylic acids is 1. The molecule has 0 saturated carbocycles. The van der Waals surface area contributed by atoms with Gasteiger partial charge in [-0.1, -0.05) is 35.0 Å². The van der Waals surface area contributed by atoms with Crippen LogP contribution in [0.4, 0.5) is 0 Å². The highest BCUT2D eigenvalue weighted by molar-refractivity contribution is 5.98. The molecule has 2 heterocycles. The maximum Gasteiger partial charge on any atom is 0.342 e. The molecule has 1 N–H and O–H groups in total. The number of aryl methyl sites for hydroxylation is 2. The third kappa shape index (κ3) is 3.90. The minimum absolute atomic E-state index is 0.117. The number of aromatic hydroxyl groups is 1. The topological polar surface area (TPSA) is 90.1 Å². The molecule has 0 aliphatic carbocycles. The molecule has 156 valence electrons. The minimum atomic E-state index is -0.582. The van der Waals surface area contributed by atoms with E-state index in [1.807, 2.05) is 49.4 Å². The van der Waals surface area contributed by atoms with Crippen LogP contribution in [0.3, 0.4) is 0 Å². The Hall–Kier alpha value is -4.00. The van der Waals surface area contributed by atoms with Gasteiger partial charge in [-0.3, -0.25) is 4.98 Å². The second-order valence-corrected chi connectivity index (χ2v) is 7.19. The first kappa shape index (κ1) is 20.3. The number of benzene rings is 2. The molecule has 0 spiro atoms. The van der Waals surface area contributed by atoms with Crippen molar-refractivity contribution in [3.63, 3.8) is 0 Å². The summed E-state index contributed by atoms with van der Waals surface area (Å²) in [6.07, 6.45) is 5.07. The molecule has 0 unspecified atom stereocenters. The quantitative estimate of drug-likeness (QED) is 0.484. The summed E-state index contributed by atoms with van der Waals surface area (Å²) in [5, 5.41) is 19.7. The first-order chi connectivity index (χ1) is 15.0. The molecule has 0 atom stereocenters. The number of hydrogen-bond acceptors (Lipinski definition) is 6. The van der Waals surface area contributed by atoms with Crippen molar-refractivity contribution in [1.82, 2.24) is 20.0 Å². The van der Waals surface area contributed by atoms with Gasteiger partial charge in [0.1, 0.15) is 16.9 Å². The van der Waals surface area contributed by atoms with Crippen LogP contribution >= 0.6 is 0 Å². The van der Waals surface area contributed by atoms with Crippen LogP contribution in [0.25, 0.3) is 28.1 Å². The maximum atomic E-state index is 12.6. The summed E-state index contributed by atoms with van der Waals surface area (Å²) in [6.45, 7) is 5.72. The zero-order valence-electron chi connectivity index (χ0n) is 17.5. The summed E-state index contributed by atoms with van der Waals surface area (Å²) in [5.74, 6) is -0.779. The maximum absolute atomic E-state index is 12.6. The normalized spacial score (nSPS) is 10.8. The Morgan fingerprint density at radius 2 is 1.90 bits per heavy atom. The van der Waals surface area contributed by atoms with Crippen LogP contribution in [0.2, 0.25) is 0 Å². The molecule has 0 aliphatic heterocycles. The molecular weight excluding hydrogens is 392 g/mol. The molecule has 4 rings (SSSR count). The van der Waals surface area contributed by atoms with Gasteiger partial charge < -0.3 is 9.84 Å². The molecule has 0 aliphatic rings. The van der Waals surface area contributed by atoms with E-state index < -0.39 is 5.97 Å². The van der Waals surface area contributed by atoms with Gasteiger partial charge in [0, 0.05) is 23.5 Å². The van der Waals surface area contributed by atoms with Gasteiger partial charge in [0.2, 0.25) is 0 Å². The van der Waals surface area contributed by atoms with E-state index in [4.69, 9.17) is 4.74 Å². The number of aromatic nitrogens is 4. The smallest absolute Gasteiger partial charge is 0.342 e. The highest BCUT2D eigenvalue weighted by Crippen LogP contribution is 2.39. The Bertz CT molecular complexity index is 1230. The first-order valence-electron chi connectivity index (χ1n) is 9.93. The summed E-state index contributed by atoms with van der Waals surface area (Å²) < 4.78 is 6.64. The molecular formula is C24H22N4O3. The van der Waals surface area contributed by atoms with Crippen LogP contribution in [-0.4, -0.2) is 37.7 Å². The van der Waals surface area contributed by atoms with Gasteiger partial charge in [-0.2, -0.15) is 0 Å². The molecule has 2 aromatic carbocycles. The van der Waals surface area contributed by atoms with Crippen LogP contribution in [0, 0.1) is 13.8 Å². The van der Waals surface area contributed by atoms with Crippen molar-refractivity contribution < 1.29 is 14.6 Å². The van der Waals surface area contributed by atoms with Crippen LogP contribution < -0.4 is 0 Å². The van der Waals surface area contributed by atoms with Crippen molar-refractivity contribution in [2.45, 2.75) is 20.8 Å². The molecule has 31 heavy (non-hydrogen) atoms. The van der Waals surface area contributed by atoms with E-state index in [2.05, 4.69) is 15.3 Å². The molecule has 0 bridgehead atoms. The van der Waals surface area contributed by atoms with E-state index in [1.165, 1.54) is 4.68 Å². The third-order valence-corrected chi connectivity index (χ3v) is 4.99. The average molecular weight is 414 g/mol. The van der Waals surface area contributed by atoms with Crippen molar-refractivity contribution >= 4 is 5.97 Å². The van der Waals surface area contributed by atoms with Gasteiger partial charge in [0.25, 0.3) is 0 Å². The number of ether oxygens (including phenoxy) is 1. The van der Waals surface area contributed by atoms with Crippen molar-refractivity contribution in [2.24, 2.45) is 0 Å². The van der Waals surface area contributed by atoms with Crippen LogP contribution in [0.1, 0.15) is 28.4 Å². The first-order valence-corrected chi connectivity index (χ1v) is 9.93. The predicted molar refractivity (Wildman–Crippen MR) is 117 cm³/mol. The van der Waals surface area contributed by atoms with Gasteiger partial charge in [0.15, 0.2) is 5.75 Å². The van der Waals surface area contributed by atoms with E-state index in [0.29, 0.717) is 16.9 Å². The summed E-state index contributed by atoms with van der Waals surface area (Å²) in [7, 11) is 0. The number of carbonyl (C=O) groups is 1. The largest absolute Gasteiger partial charge is 0.505 e. The summed E-state index contributed by atoms with van der Waals surface area (Å²) in [4.78, 5) is 16.7. The lowest BCUT2D eigenvalue weighted by atomic mass is 9.95. The fourth-order valence-corrected chi connectivity index (χ4v) is 3.46. The molecule has 0 fully saturated rings. The number of hydrogen-bond donors (Lipinski definition) is 1. The van der Waals surface area contributed by atoms with Gasteiger partial charge in [0.05, 0.1) is 12.8 Å². The minimum Gasteiger partial charge on any atom is -0.505 e. The molecule has 0 radical (unpaired) electrons. The van der Waals surface area contributed by atoms with Crippen LogP contribution in [0.15, 0.2) is 61.1 Å². The zero-order chi connectivity index (χ0) is 22.0. The molecule has 0 amide bonds. The predicted octanol–water partition coefficient (Wildman–Crippen LogP) is 4.50. The molecule has 7 heteroatoms. The Labute approximate surface area is 180 Å². The lowest BCUT2D eigenvalue weighted by Gasteiger charge is -2.17. The van der Waals surface area contributed by atoms with E-state index in [-0.39, 0.29) is 17.9 Å². The molecule has 7 nitrogen and oxygen atoms in total. The summed E-state index contributed by atoms with van der Waals surface area (Å²) >= 11 is 0. The Morgan fingerprint density at radius 1 is 1.13 bits per heavy atom. The van der Waals surface area contributed by atoms with E-state index in [0.717, 1.165) is 22.3 Å². The van der Waals surface area contributed by atoms with Crippen molar-refractivity contribution in [3.8, 4) is 33.8 Å². The average Bonchev–Trinajstić information content (AvgIpc) is 3.24. The number of pyridine rings is 1. The van der Waals surface area contributed by atoms with E-state index >= 15 is 0 Å². The number of rotatable bonds is 5. The Kier molecular flexibility index (Phi) is 5.49. The SMILES string of the molecule is CCOC(=O)c1c(C)cc(-c2ccc(C)cc2)c(-n2cc(-c3cccnc3)nn2)c1O. The molecule has 0 saturated heterocycles. The fraction of sp³-hybridized carbons (Fsp3) is 0.167. The zero-order valence-corrected chi connectivity index (χ0v) is 17.5. The van der Waals surface area contributed by atoms with E-state index in [1.54, 1.807) is 32.4 Å². The Morgan fingerprint density at radius 3 is 2.58 bits per heavy atom. The third-order valence-electron chi connectivity index (χ3n) is 4.99. The second kappa shape index (κ2) is 8.39. The van der Waals surface area contributed by atoms with Gasteiger partial charge in [-0.15, -0.1) is 5.10 Å². The second-order valence-electron chi connectivity index (χ2n) is 7.19. The standard InChI is InChI=1S/C24H22N4O3/c1-4-31-24(30)21-16(3)12-19(17-9-7-15(2)8-10-17)22(23(21)29)28-14-20(26-27-28)18-6-5-11-25-13-18/h5-14,29H,4H2,1-3H3. The number of phenols is 1. The van der Waals surface area contributed by atoms with Crippen molar-refractivity contribution in [1.29, 1.82) is 0 Å². The van der Waals surface area contributed by atoms with Gasteiger partial charge >= 0.3 is 5.97 Å². The lowest BCUT2D eigenvalue weighted by Crippen LogP contribution is -2.10. The number of esters is 1. The van der Waals surface area contributed by atoms with Crippen molar-refractivity contribution in [2.75, 3.05) is 6.61 Å². The van der Waals surface area contributed by atoms with Gasteiger partial charge in [-0.05, 0) is 50.1 Å². The highest BCUT2D eigenvalue weighted by Gasteiger charge is 2.25. The van der Waals surface area contributed by atoms with Crippen molar-refractivity contribution in [3.05, 3.63) is 77.7 Å². The van der Waals surface area contributed by atoms with Crippen LogP contribution in [-0.2, 0) is 4.74 Å². The summed E-state index contributed by atoms with van der Waals surface area (Å²) in [6, 6.07) is 13.5. The van der Waals surface area contributed by atoms with E-state index in [9.17, 15) is 9.90 Å². The molecule has 2 aromatic heterocycles. The molecule has 4 aromatic rings. The summed E-state index contributed by atoms with van der Waals surface area (Å²) in [5.41, 5.74) is 5.21. The fourth-order valence-electron chi connectivity index (χ4n) is 3.46. The number of phenolic OH excluding ortho intramolecular Hbond substituents is 1. The highest BCUT2D eigenvalue weighted by atomic mass is 16.5. The monoisotopic (exact) mass is 414 g/mol. The van der Waals surface area contributed by atoms with Crippen LogP contribution in [0.5, 0.6) is 5.75 Å². The van der Waals surface area contributed by atoms with Gasteiger partial charge in [-0.25, -0.2) is 9.48 Å².